The lowest BCUT2D eigenvalue weighted by molar-refractivity contribution is -0.120. The van der Waals surface area contributed by atoms with Gasteiger partial charge in [0.25, 0.3) is 0 Å². The average molecular weight is 356 g/mol. The van der Waals surface area contributed by atoms with Crippen LogP contribution in [0.1, 0.15) is 5.82 Å². The number of benzene rings is 1. The maximum atomic E-state index is 11.6. The van der Waals surface area contributed by atoms with Gasteiger partial charge in [0, 0.05) is 19.2 Å². The number of halogens is 1. The lowest BCUT2D eigenvalue weighted by Gasteiger charge is -2.04. The SMILES string of the molecule is COCCNCC(=O)NCc1nc(-c2ccc(OC)cc2)n[nH]1.Cl. The summed E-state index contributed by atoms with van der Waals surface area (Å²) in [4.78, 5) is 16.0. The van der Waals surface area contributed by atoms with E-state index in [4.69, 9.17) is 9.47 Å². The third-order valence-corrected chi connectivity index (χ3v) is 3.10. The first-order valence-corrected chi connectivity index (χ1v) is 7.25. The number of hydrogen-bond acceptors (Lipinski definition) is 6. The van der Waals surface area contributed by atoms with Gasteiger partial charge in [-0.3, -0.25) is 9.89 Å². The van der Waals surface area contributed by atoms with Gasteiger partial charge >= 0.3 is 0 Å². The summed E-state index contributed by atoms with van der Waals surface area (Å²) < 4.78 is 10.00. The van der Waals surface area contributed by atoms with Crippen LogP contribution in [0.5, 0.6) is 5.75 Å². The molecule has 9 heteroatoms. The smallest absolute Gasteiger partial charge is 0.234 e. The van der Waals surface area contributed by atoms with Crippen molar-refractivity contribution in [2.75, 3.05) is 33.9 Å². The number of nitrogens with zero attached hydrogens (tertiary/aromatic N) is 2. The second-order valence-corrected chi connectivity index (χ2v) is 4.78. The van der Waals surface area contributed by atoms with Crippen LogP contribution < -0.4 is 15.4 Å². The van der Waals surface area contributed by atoms with Crippen LogP contribution in [0.15, 0.2) is 24.3 Å². The number of amides is 1. The van der Waals surface area contributed by atoms with Crippen LogP contribution in [0.3, 0.4) is 0 Å². The predicted molar refractivity (Wildman–Crippen MR) is 92.2 cm³/mol. The molecule has 1 aromatic carbocycles. The highest BCUT2D eigenvalue weighted by molar-refractivity contribution is 5.85. The number of carbonyl (C=O) groups excluding carboxylic acids is 1. The van der Waals surface area contributed by atoms with Crippen molar-refractivity contribution in [3.8, 4) is 17.1 Å². The van der Waals surface area contributed by atoms with E-state index in [1.165, 1.54) is 0 Å². The van der Waals surface area contributed by atoms with Crippen LogP contribution >= 0.6 is 12.4 Å². The first-order chi connectivity index (χ1) is 11.2. The Bertz CT molecular complexity index is 618. The minimum absolute atomic E-state index is 0. The van der Waals surface area contributed by atoms with Gasteiger partial charge < -0.3 is 20.1 Å². The topological polar surface area (TPSA) is 101 Å². The fraction of sp³-hybridized carbons (Fsp3) is 0.400. The van der Waals surface area contributed by atoms with Crippen molar-refractivity contribution in [2.45, 2.75) is 6.54 Å². The first-order valence-electron chi connectivity index (χ1n) is 7.25. The van der Waals surface area contributed by atoms with Gasteiger partial charge in [0.05, 0.1) is 26.8 Å². The Hall–Kier alpha value is -2.16. The van der Waals surface area contributed by atoms with Crippen molar-refractivity contribution in [1.29, 1.82) is 0 Å². The lowest BCUT2D eigenvalue weighted by atomic mass is 10.2. The van der Waals surface area contributed by atoms with Gasteiger partial charge in [0.2, 0.25) is 5.91 Å². The van der Waals surface area contributed by atoms with Gasteiger partial charge in [-0.25, -0.2) is 4.98 Å². The molecule has 0 unspecified atom stereocenters. The van der Waals surface area contributed by atoms with E-state index in [9.17, 15) is 4.79 Å². The molecule has 0 bridgehead atoms. The Morgan fingerprint density at radius 1 is 1.25 bits per heavy atom. The van der Waals surface area contributed by atoms with Crippen LogP contribution in [0, 0.1) is 0 Å². The molecule has 0 aliphatic carbocycles. The zero-order valence-electron chi connectivity index (χ0n) is 13.7. The van der Waals surface area contributed by atoms with E-state index in [1.54, 1.807) is 14.2 Å². The zero-order valence-corrected chi connectivity index (χ0v) is 14.5. The van der Waals surface area contributed by atoms with Gasteiger partial charge in [0.15, 0.2) is 5.82 Å². The Kier molecular flexibility index (Phi) is 8.77. The summed E-state index contributed by atoms with van der Waals surface area (Å²) in [7, 11) is 3.23. The van der Waals surface area contributed by atoms with Gasteiger partial charge in [0.1, 0.15) is 11.6 Å². The van der Waals surface area contributed by atoms with E-state index in [2.05, 4.69) is 25.8 Å². The number of carbonyl (C=O) groups is 1. The van der Waals surface area contributed by atoms with Crippen LogP contribution in [-0.2, 0) is 16.1 Å². The summed E-state index contributed by atoms with van der Waals surface area (Å²) in [6.45, 7) is 1.74. The molecule has 1 heterocycles. The molecule has 8 nitrogen and oxygen atoms in total. The van der Waals surface area contributed by atoms with E-state index in [0.29, 0.717) is 31.3 Å². The minimum Gasteiger partial charge on any atom is -0.497 e. The van der Waals surface area contributed by atoms with E-state index in [1.807, 2.05) is 24.3 Å². The quantitative estimate of drug-likeness (QED) is 0.574. The monoisotopic (exact) mass is 355 g/mol. The Labute approximate surface area is 146 Å². The molecule has 24 heavy (non-hydrogen) atoms. The highest BCUT2D eigenvalue weighted by Gasteiger charge is 2.07. The van der Waals surface area contributed by atoms with E-state index in [0.717, 1.165) is 11.3 Å². The Balaban J connectivity index is 0.00000288. The number of aromatic amines is 1. The third-order valence-electron chi connectivity index (χ3n) is 3.10. The van der Waals surface area contributed by atoms with Crippen molar-refractivity contribution in [1.82, 2.24) is 25.8 Å². The second kappa shape index (κ2) is 10.6. The summed E-state index contributed by atoms with van der Waals surface area (Å²) in [6.07, 6.45) is 0. The van der Waals surface area contributed by atoms with Gasteiger partial charge in [-0.15, -0.1) is 12.4 Å². The largest absolute Gasteiger partial charge is 0.497 e. The Morgan fingerprint density at radius 2 is 2.00 bits per heavy atom. The lowest BCUT2D eigenvalue weighted by Crippen LogP contribution is -2.35. The van der Waals surface area contributed by atoms with Gasteiger partial charge in [-0.1, -0.05) is 0 Å². The normalized spacial score (nSPS) is 10.1. The maximum Gasteiger partial charge on any atom is 0.234 e. The van der Waals surface area contributed by atoms with Crippen molar-refractivity contribution in [2.24, 2.45) is 0 Å². The molecule has 0 aliphatic rings. The fourth-order valence-corrected chi connectivity index (χ4v) is 1.86. The number of nitrogens with one attached hydrogen (secondary N) is 3. The molecule has 132 valence electrons. The maximum absolute atomic E-state index is 11.6. The van der Waals surface area contributed by atoms with Crippen molar-refractivity contribution < 1.29 is 14.3 Å². The van der Waals surface area contributed by atoms with Crippen LogP contribution in [0.25, 0.3) is 11.4 Å². The number of methoxy groups -OCH3 is 2. The van der Waals surface area contributed by atoms with Crippen molar-refractivity contribution >= 4 is 18.3 Å². The molecule has 1 amide bonds. The highest BCUT2D eigenvalue weighted by atomic mass is 35.5. The average Bonchev–Trinajstić information content (AvgIpc) is 3.06. The second-order valence-electron chi connectivity index (χ2n) is 4.78. The molecule has 0 saturated carbocycles. The van der Waals surface area contributed by atoms with E-state index < -0.39 is 0 Å². The summed E-state index contributed by atoms with van der Waals surface area (Å²) in [5.74, 6) is 1.84. The molecule has 0 aliphatic heterocycles. The number of H-pyrrole nitrogens is 1. The van der Waals surface area contributed by atoms with E-state index in [-0.39, 0.29) is 24.9 Å². The molecule has 0 radical (unpaired) electrons. The van der Waals surface area contributed by atoms with Gasteiger partial charge in [-0.05, 0) is 24.3 Å². The molecular weight excluding hydrogens is 334 g/mol. The minimum atomic E-state index is -0.108. The molecule has 0 saturated heterocycles. The van der Waals surface area contributed by atoms with Gasteiger partial charge in [-0.2, -0.15) is 5.10 Å². The van der Waals surface area contributed by atoms with Crippen molar-refractivity contribution in [3.05, 3.63) is 30.1 Å². The molecule has 0 fully saturated rings. The Morgan fingerprint density at radius 3 is 2.67 bits per heavy atom. The summed E-state index contributed by atoms with van der Waals surface area (Å²) in [6, 6.07) is 7.45. The number of ether oxygens (including phenoxy) is 2. The highest BCUT2D eigenvalue weighted by Crippen LogP contribution is 2.18. The van der Waals surface area contributed by atoms with Crippen LogP contribution in [-0.4, -0.2) is 55.0 Å². The van der Waals surface area contributed by atoms with E-state index >= 15 is 0 Å². The molecule has 2 rings (SSSR count). The molecule has 0 atom stereocenters. The third kappa shape index (κ3) is 6.15. The number of rotatable bonds is 9. The molecular formula is C15H22ClN5O3. The molecule has 0 spiro atoms. The fourth-order valence-electron chi connectivity index (χ4n) is 1.86. The van der Waals surface area contributed by atoms with Crippen LogP contribution in [0.4, 0.5) is 0 Å². The van der Waals surface area contributed by atoms with Crippen molar-refractivity contribution in [3.63, 3.8) is 0 Å². The molecule has 1 aromatic heterocycles. The molecule has 2 aromatic rings. The zero-order chi connectivity index (χ0) is 16.5. The number of aromatic nitrogens is 3. The standard InChI is InChI=1S/C15H21N5O3.ClH/c1-22-8-7-16-10-14(21)17-9-13-18-15(20-19-13)11-3-5-12(23-2)6-4-11;/h3-6,16H,7-10H2,1-2H3,(H,17,21)(H,18,19,20);1H. The van der Waals surface area contributed by atoms with Crippen LogP contribution in [0.2, 0.25) is 0 Å². The summed E-state index contributed by atoms with van der Waals surface area (Å²) in [5, 5.41) is 12.7. The summed E-state index contributed by atoms with van der Waals surface area (Å²) >= 11 is 0. The number of hydrogen-bond donors (Lipinski definition) is 3. The molecule has 3 N–H and O–H groups in total. The predicted octanol–water partition coefficient (Wildman–Crippen LogP) is 0.754. The first kappa shape index (κ1) is 19.9. The summed E-state index contributed by atoms with van der Waals surface area (Å²) in [5.41, 5.74) is 0.876.